The predicted octanol–water partition coefficient (Wildman–Crippen LogP) is 2.73. The van der Waals surface area contributed by atoms with Crippen LogP contribution in [0.1, 0.15) is 25.3 Å². The van der Waals surface area contributed by atoms with Crippen molar-refractivity contribution in [3.63, 3.8) is 0 Å². The average Bonchev–Trinajstić information content (AvgIpc) is 2.43. The molecule has 6 heteroatoms. The van der Waals surface area contributed by atoms with Crippen molar-refractivity contribution < 1.29 is 9.18 Å². The third-order valence-electron chi connectivity index (χ3n) is 2.69. The maximum Gasteiger partial charge on any atom is 0.335 e. The molecule has 0 unspecified atom stereocenters. The Morgan fingerprint density at radius 3 is 3.16 bits per heavy atom. The van der Waals surface area contributed by atoms with E-state index < -0.39 is 0 Å². The Bertz CT molecular complexity index is 505. The molecule has 1 aliphatic rings. The molecular weight excluding hydrogens is 265 g/mol. The van der Waals surface area contributed by atoms with E-state index >= 15 is 0 Å². The molecule has 1 heterocycles. The fraction of sp³-hybridized carbons (Fsp3) is 0.385. The number of nitrogens with zero attached hydrogens (tertiary/aromatic N) is 1. The number of carbonyl (C=O) groups is 1. The minimum Gasteiger partial charge on any atom is -0.337 e. The number of carbonyl (C=O) groups excluding carboxylic acids is 1. The summed E-state index contributed by atoms with van der Waals surface area (Å²) in [5.74, 6) is 0.538. The van der Waals surface area contributed by atoms with Crippen LogP contribution in [0.25, 0.3) is 0 Å². The van der Waals surface area contributed by atoms with Crippen molar-refractivity contribution in [1.82, 2.24) is 10.7 Å². The van der Waals surface area contributed by atoms with Crippen LogP contribution in [0, 0.1) is 5.82 Å². The number of amides is 2. The van der Waals surface area contributed by atoms with E-state index in [1.165, 1.54) is 17.8 Å². The highest BCUT2D eigenvalue weighted by atomic mass is 32.2. The summed E-state index contributed by atoms with van der Waals surface area (Å²) >= 11 is 1.48. The van der Waals surface area contributed by atoms with E-state index in [0.717, 1.165) is 29.9 Å². The maximum absolute atomic E-state index is 13.6. The number of rotatable bonds is 3. The van der Waals surface area contributed by atoms with Crippen molar-refractivity contribution in [2.75, 3.05) is 12.3 Å². The van der Waals surface area contributed by atoms with Gasteiger partial charge in [-0.3, -0.25) is 0 Å². The number of halogens is 1. The molecule has 0 bridgehead atoms. The molecule has 0 aliphatic carbocycles. The van der Waals surface area contributed by atoms with Gasteiger partial charge in [0.25, 0.3) is 0 Å². The first-order valence-electron chi connectivity index (χ1n) is 6.24. The second kappa shape index (κ2) is 6.56. The molecule has 0 aromatic heterocycles. The molecular formula is C13H16FN3OS. The largest absolute Gasteiger partial charge is 0.337 e. The van der Waals surface area contributed by atoms with Gasteiger partial charge in [-0.15, -0.1) is 11.8 Å². The van der Waals surface area contributed by atoms with Crippen molar-refractivity contribution >= 4 is 23.5 Å². The van der Waals surface area contributed by atoms with Gasteiger partial charge < -0.3 is 5.32 Å². The second-order valence-electron chi connectivity index (χ2n) is 4.14. The Hall–Kier alpha value is -1.56. The lowest BCUT2D eigenvalue weighted by atomic mass is 10.1. The van der Waals surface area contributed by atoms with Gasteiger partial charge in [0.1, 0.15) is 5.82 Å². The maximum atomic E-state index is 13.6. The zero-order chi connectivity index (χ0) is 13.7. The number of hydrogen-bond donors (Lipinski definition) is 2. The van der Waals surface area contributed by atoms with Gasteiger partial charge in [-0.1, -0.05) is 19.1 Å². The summed E-state index contributed by atoms with van der Waals surface area (Å²) in [4.78, 5) is 12.0. The molecule has 19 heavy (non-hydrogen) atoms. The van der Waals surface area contributed by atoms with Crippen LogP contribution in [0.2, 0.25) is 0 Å². The van der Waals surface area contributed by atoms with Crippen LogP contribution >= 0.6 is 11.8 Å². The normalized spacial score (nSPS) is 16.0. The summed E-state index contributed by atoms with van der Waals surface area (Å²) < 4.78 is 13.6. The molecule has 2 N–H and O–H groups in total. The first-order chi connectivity index (χ1) is 9.22. The number of thioether (sulfide) groups is 1. The molecule has 4 nitrogen and oxygen atoms in total. The smallest absolute Gasteiger partial charge is 0.335 e. The van der Waals surface area contributed by atoms with E-state index in [4.69, 9.17) is 0 Å². The highest BCUT2D eigenvalue weighted by molar-refractivity contribution is 7.99. The lowest BCUT2D eigenvalue weighted by molar-refractivity contribution is 0.241. The van der Waals surface area contributed by atoms with E-state index in [0.29, 0.717) is 11.4 Å². The highest BCUT2D eigenvalue weighted by Crippen LogP contribution is 2.32. The number of fused-ring (bicyclic) bond motifs is 1. The van der Waals surface area contributed by atoms with Crippen LogP contribution in [-0.2, 0) is 0 Å². The highest BCUT2D eigenvalue weighted by Gasteiger charge is 2.19. The molecule has 2 rings (SSSR count). The Balaban J connectivity index is 2.11. The lowest BCUT2D eigenvalue weighted by Gasteiger charge is -2.17. The Kier molecular flexibility index (Phi) is 4.79. The third-order valence-corrected chi connectivity index (χ3v) is 3.80. The van der Waals surface area contributed by atoms with E-state index in [9.17, 15) is 9.18 Å². The van der Waals surface area contributed by atoms with E-state index in [2.05, 4.69) is 15.8 Å². The van der Waals surface area contributed by atoms with Gasteiger partial charge in [0, 0.05) is 24.3 Å². The zero-order valence-electron chi connectivity index (χ0n) is 10.7. The summed E-state index contributed by atoms with van der Waals surface area (Å²) in [6.07, 6.45) is 1.59. The molecule has 1 aromatic rings. The Labute approximate surface area is 115 Å². The summed E-state index contributed by atoms with van der Waals surface area (Å²) in [6.45, 7) is 2.58. The molecule has 2 amide bonds. The number of nitrogens with one attached hydrogen (secondary N) is 2. The number of urea groups is 1. The number of benzene rings is 1. The van der Waals surface area contributed by atoms with Crippen LogP contribution in [-0.4, -0.2) is 24.0 Å². The standard InChI is InChI=1S/C13H16FN3OS/c1-2-7-15-13(18)17-16-11-6-8-19-12-9(11)4-3-5-10(12)14/h3-5H,2,6-8H2,1H3,(H2,15,17,18). The summed E-state index contributed by atoms with van der Waals surface area (Å²) in [5.41, 5.74) is 3.95. The molecule has 0 fully saturated rings. The molecule has 0 saturated heterocycles. The van der Waals surface area contributed by atoms with Crippen LogP contribution < -0.4 is 10.7 Å². The molecule has 1 aliphatic heterocycles. The van der Waals surface area contributed by atoms with Gasteiger partial charge in [-0.2, -0.15) is 5.10 Å². The van der Waals surface area contributed by atoms with Gasteiger partial charge in [0.05, 0.1) is 10.6 Å². The van der Waals surface area contributed by atoms with Crippen LogP contribution in [0.3, 0.4) is 0 Å². The van der Waals surface area contributed by atoms with Crippen molar-refractivity contribution in [3.05, 3.63) is 29.6 Å². The van der Waals surface area contributed by atoms with Gasteiger partial charge in [0.2, 0.25) is 0 Å². The molecule has 0 saturated carbocycles. The van der Waals surface area contributed by atoms with Crippen molar-refractivity contribution in [2.45, 2.75) is 24.7 Å². The lowest BCUT2D eigenvalue weighted by Crippen LogP contribution is -2.33. The molecule has 0 radical (unpaired) electrons. The topological polar surface area (TPSA) is 53.5 Å². The average molecular weight is 281 g/mol. The minimum atomic E-state index is -0.328. The molecule has 0 spiro atoms. The molecule has 102 valence electrons. The van der Waals surface area contributed by atoms with E-state index in [1.807, 2.05) is 13.0 Å². The summed E-state index contributed by atoms with van der Waals surface area (Å²) in [7, 11) is 0. The summed E-state index contributed by atoms with van der Waals surface area (Å²) in [6, 6.07) is 4.60. The first kappa shape index (κ1) is 13.9. The van der Waals surface area contributed by atoms with E-state index in [-0.39, 0.29) is 11.8 Å². The number of hydrazone groups is 1. The van der Waals surface area contributed by atoms with Gasteiger partial charge in [0.15, 0.2) is 0 Å². The van der Waals surface area contributed by atoms with Crippen LogP contribution in [0.15, 0.2) is 28.2 Å². The monoisotopic (exact) mass is 281 g/mol. The van der Waals surface area contributed by atoms with Crippen molar-refractivity contribution in [2.24, 2.45) is 5.10 Å². The van der Waals surface area contributed by atoms with Crippen molar-refractivity contribution in [1.29, 1.82) is 0 Å². The van der Waals surface area contributed by atoms with Crippen LogP contribution in [0.5, 0.6) is 0 Å². The first-order valence-corrected chi connectivity index (χ1v) is 7.23. The fourth-order valence-electron chi connectivity index (χ4n) is 1.78. The number of hydrogen-bond acceptors (Lipinski definition) is 3. The van der Waals surface area contributed by atoms with Crippen molar-refractivity contribution in [3.8, 4) is 0 Å². The molecule has 0 atom stereocenters. The van der Waals surface area contributed by atoms with Gasteiger partial charge >= 0.3 is 6.03 Å². The van der Waals surface area contributed by atoms with Crippen LogP contribution in [0.4, 0.5) is 9.18 Å². The SMILES string of the molecule is CCCNC(=O)NN=C1CCSc2c(F)cccc21. The predicted molar refractivity (Wildman–Crippen MR) is 75.1 cm³/mol. The quantitative estimate of drug-likeness (QED) is 0.837. The third kappa shape index (κ3) is 3.47. The minimum absolute atomic E-state index is 0.231. The second-order valence-corrected chi connectivity index (χ2v) is 5.25. The van der Waals surface area contributed by atoms with E-state index in [1.54, 1.807) is 6.07 Å². The summed E-state index contributed by atoms with van der Waals surface area (Å²) in [5, 5.41) is 6.76. The Morgan fingerprint density at radius 2 is 2.37 bits per heavy atom. The van der Waals surface area contributed by atoms with Gasteiger partial charge in [-0.25, -0.2) is 14.6 Å². The fourth-order valence-corrected chi connectivity index (χ4v) is 2.83. The van der Waals surface area contributed by atoms with Gasteiger partial charge in [-0.05, 0) is 12.5 Å². The zero-order valence-corrected chi connectivity index (χ0v) is 11.5. The molecule has 1 aromatic carbocycles. The Morgan fingerprint density at radius 1 is 1.53 bits per heavy atom.